The van der Waals surface area contributed by atoms with Gasteiger partial charge in [0, 0.05) is 44.7 Å². The molecular weight excluding hydrogens is 222 g/mol. The predicted octanol–water partition coefficient (Wildman–Crippen LogP) is 1.12. The molecule has 4 fully saturated rings. The average molecular weight is 251 g/mol. The van der Waals surface area contributed by atoms with Crippen molar-refractivity contribution < 1.29 is 0 Å². The van der Waals surface area contributed by atoms with Gasteiger partial charge < -0.3 is 15.1 Å². The topological polar surface area (TPSA) is 18.5 Å². The van der Waals surface area contributed by atoms with Crippen molar-refractivity contribution in [1.82, 2.24) is 15.1 Å². The zero-order valence-corrected chi connectivity index (χ0v) is 12.3. The van der Waals surface area contributed by atoms with Gasteiger partial charge in [0.2, 0.25) is 0 Å². The summed E-state index contributed by atoms with van der Waals surface area (Å²) in [5.41, 5.74) is 0.564. The van der Waals surface area contributed by atoms with E-state index in [1.807, 2.05) is 0 Å². The first kappa shape index (κ1) is 12.9. The van der Waals surface area contributed by atoms with Crippen LogP contribution in [0, 0.1) is 23.2 Å². The number of piperidine rings is 2. The molecule has 104 valence electrons. The molecule has 0 aromatic rings. The molecule has 4 bridgehead atoms. The smallest absolute Gasteiger partial charge is 0.0110 e. The summed E-state index contributed by atoms with van der Waals surface area (Å²) in [7, 11) is 2.13. The van der Waals surface area contributed by atoms with E-state index in [0.29, 0.717) is 5.41 Å². The minimum Gasteiger partial charge on any atom is -0.319 e. The van der Waals surface area contributed by atoms with Gasteiger partial charge in [-0.25, -0.2) is 0 Å². The Morgan fingerprint density at radius 1 is 1.17 bits per heavy atom. The molecule has 0 radical (unpaired) electrons. The highest BCUT2D eigenvalue weighted by Crippen LogP contribution is 2.48. The maximum Gasteiger partial charge on any atom is 0.0110 e. The van der Waals surface area contributed by atoms with E-state index in [1.54, 1.807) is 0 Å². The van der Waals surface area contributed by atoms with Gasteiger partial charge in [0.05, 0.1) is 0 Å². The normalized spacial score (nSPS) is 46.7. The molecule has 3 heteroatoms. The van der Waals surface area contributed by atoms with Crippen LogP contribution in [0.1, 0.15) is 20.3 Å². The van der Waals surface area contributed by atoms with Crippen molar-refractivity contribution in [3.05, 3.63) is 0 Å². The first-order valence-corrected chi connectivity index (χ1v) is 7.72. The Hall–Kier alpha value is -0.120. The summed E-state index contributed by atoms with van der Waals surface area (Å²) in [6.07, 6.45) is 1.41. The number of nitrogens with one attached hydrogen (secondary N) is 1. The molecule has 0 aromatic heterocycles. The van der Waals surface area contributed by atoms with Gasteiger partial charge in [-0.3, -0.25) is 0 Å². The zero-order chi connectivity index (χ0) is 12.8. The van der Waals surface area contributed by atoms with Crippen LogP contribution in [0.4, 0.5) is 0 Å². The van der Waals surface area contributed by atoms with E-state index in [4.69, 9.17) is 0 Å². The zero-order valence-electron chi connectivity index (χ0n) is 12.3. The van der Waals surface area contributed by atoms with Crippen LogP contribution in [-0.2, 0) is 0 Å². The number of nitrogens with zero attached hydrogens (tertiary/aromatic N) is 2. The van der Waals surface area contributed by atoms with Gasteiger partial charge in [-0.1, -0.05) is 13.8 Å². The van der Waals surface area contributed by atoms with Crippen LogP contribution in [0.25, 0.3) is 0 Å². The Kier molecular flexibility index (Phi) is 3.41. The van der Waals surface area contributed by atoms with Crippen LogP contribution in [0.5, 0.6) is 0 Å². The minimum absolute atomic E-state index is 0.564. The summed E-state index contributed by atoms with van der Waals surface area (Å²) in [5, 5.41) is 3.48. The maximum absolute atomic E-state index is 3.48. The lowest BCUT2D eigenvalue weighted by Crippen LogP contribution is -2.62. The molecule has 3 nitrogen and oxygen atoms in total. The second kappa shape index (κ2) is 4.77. The predicted molar refractivity (Wildman–Crippen MR) is 75.7 cm³/mol. The fourth-order valence-electron chi connectivity index (χ4n) is 5.10. The van der Waals surface area contributed by atoms with Gasteiger partial charge >= 0.3 is 0 Å². The molecule has 0 aromatic carbocycles. The Balaban J connectivity index is 1.89. The molecule has 3 unspecified atom stereocenters. The van der Waals surface area contributed by atoms with Crippen molar-refractivity contribution in [1.29, 1.82) is 0 Å². The molecule has 4 saturated heterocycles. The molecule has 0 aliphatic carbocycles. The van der Waals surface area contributed by atoms with E-state index < -0.39 is 0 Å². The Morgan fingerprint density at radius 2 is 1.78 bits per heavy atom. The molecule has 0 amide bonds. The number of hydrogen-bond donors (Lipinski definition) is 1. The minimum atomic E-state index is 0.564. The molecule has 4 heterocycles. The summed E-state index contributed by atoms with van der Waals surface area (Å²) in [6.45, 7) is 14.0. The van der Waals surface area contributed by atoms with Crippen molar-refractivity contribution >= 4 is 0 Å². The van der Waals surface area contributed by atoms with Crippen molar-refractivity contribution in [3.8, 4) is 0 Å². The molecule has 4 rings (SSSR count). The molecule has 0 saturated carbocycles. The fraction of sp³-hybridized carbons (Fsp3) is 1.00. The Bertz CT molecular complexity index is 286. The van der Waals surface area contributed by atoms with Gasteiger partial charge in [-0.2, -0.15) is 0 Å². The number of fused-ring (bicyclic) bond motifs is 1. The molecule has 3 atom stereocenters. The first-order valence-electron chi connectivity index (χ1n) is 7.72. The number of hydrogen-bond acceptors (Lipinski definition) is 3. The van der Waals surface area contributed by atoms with E-state index in [1.165, 1.54) is 52.2 Å². The highest BCUT2D eigenvalue weighted by molar-refractivity contribution is 5.06. The summed E-state index contributed by atoms with van der Waals surface area (Å²) in [5.74, 6) is 2.62. The van der Waals surface area contributed by atoms with Gasteiger partial charge in [0.1, 0.15) is 0 Å². The van der Waals surface area contributed by atoms with Crippen molar-refractivity contribution in [2.75, 3.05) is 52.9 Å². The second-order valence-electron chi connectivity index (χ2n) is 7.35. The maximum atomic E-state index is 3.48. The third kappa shape index (κ3) is 2.10. The summed E-state index contributed by atoms with van der Waals surface area (Å²) >= 11 is 0. The van der Waals surface area contributed by atoms with Crippen LogP contribution in [0.3, 0.4) is 0 Å². The lowest BCUT2D eigenvalue weighted by Gasteiger charge is -2.56. The van der Waals surface area contributed by atoms with E-state index in [9.17, 15) is 0 Å². The van der Waals surface area contributed by atoms with Gasteiger partial charge in [0.15, 0.2) is 0 Å². The second-order valence-corrected chi connectivity index (χ2v) is 7.35. The van der Waals surface area contributed by atoms with Gasteiger partial charge in [-0.05, 0) is 37.8 Å². The lowest BCUT2D eigenvalue weighted by molar-refractivity contribution is -0.0682. The standard InChI is InChI=1S/C15H29N3/c1-12(2)6-15-10-17-4-5-18(11-15)9-13(8-17)14(15)7-16-3/h12-14,16H,4-11H2,1-3H3. The van der Waals surface area contributed by atoms with E-state index >= 15 is 0 Å². The molecule has 18 heavy (non-hydrogen) atoms. The molecule has 4 aliphatic rings. The Labute approximate surface area is 112 Å². The summed E-state index contributed by atoms with van der Waals surface area (Å²) in [4.78, 5) is 5.51. The summed E-state index contributed by atoms with van der Waals surface area (Å²) < 4.78 is 0. The van der Waals surface area contributed by atoms with E-state index in [0.717, 1.165) is 17.8 Å². The average Bonchev–Trinajstić information content (AvgIpc) is 2.50. The molecule has 0 spiro atoms. The quantitative estimate of drug-likeness (QED) is 0.808. The molecule has 1 N–H and O–H groups in total. The summed E-state index contributed by atoms with van der Waals surface area (Å²) in [6, 6.07) is 0. The van der Waals surface area contributed by atoms with Crippen LogP contribution < -0.4 is 5.32 Å². The van der Waals surface area contributed by atoms with Crippen LogP contribution >= 0.6 is 0 Å². The van der Waals surface area contributed by atoms with E-state index in [-0.39, 0.29) is 0 Å². The SMILES string of the molecule is CNCC1C2CN3CCN(C2)CC1(CC(C)C)C3. The molecular formula is C15H29N3. The van der Waals surface area contributed by atoms with Crippen molar-refractivity contribution in [2.24, 2.45) is 23.2 Å². The first-order chi connectivity index (χ1) is 8.63. The molecule has 4 aliphatic heterocycles. The number of rotatable bonds is 4. The highest BCUT2D eigenvalue weighted by Gasteiger charge is 2.53. The van der Waals surface area contributed by atoms with Crippen molar-refractivity contribution in [2.45, 2.75) is 20.3 Å². The van der Waals surface area contributed by atoms with Crippen LogP contribution in [0.2, 0.25) is 0 Å². The van der Waals surface area contributed by atoms with Crippen LogP contribution in [-0.4, -0.2) is 62.7 Å². The van der Waals surface area contributed by atoms with Gasteiger partial charge in [0.25, 0.3) is 0 Å². The van der Waals surface area contributed by atoms with Gasteiger partial charge in [-0.15, -0.1) is 0 Å². The highest BCUT2D eigenvalue weighted by atomic mass is 15.3. The third-order valence-corrected chi connectivity index (χ3v) is 5.39. The van der Waals surface area contributed by atoms with E-state index in [2.05, 4.69) is 36.0 Å². The van der Waals surface area contributed by atoms with Crippen molar-refractivity contribution in [3.63, 3.8) is 0 Å². The lowest BCUT2D eigenvalue weighted by atomic mass is 9.60. The Morgan fingerprint density at radius 3 is 2.28 bits per heavy atom. The largest absolute Gasteiger partial charge is 0.319 e. The third-order valence-electron chi connectivity index (χ3n) is 5.39. The fourth-order valence-corrected chi connectivity index (χ4v) is 5.10. The van der Waals surface area contributed by atoms with Crippen LogP contribution in [0.15, 0.2) is 0 Å². The monoisotopic (exact) mass is 251 g/mol.